The van der Waals surface area contributed by atoms with E-state index in [1.54, 1.807) is 6.07 Å². The smallest absolute Gasteiger partial charge is 0.297 e. The van der Waals surface area contributed by atoms with Crippen LogP contribution >= 0.6 is 0 Å². The van der Waals surface area contributed by atoms with Crippen molar-refractivity contribution in [2.24, 2.45) is 0 Å². The Bertz CT molecular complexity index is 671. The molecule has 1 aromatic rings. The van der Waals surface area contributed by atoms with Gasteiger partial charge in [-0.1, -0.05) is 6.07 Å². The van der Waals surface area contributed by atoms with Gasteiger partial charge in [-0.15, -0.1) is 0 Å². The molecule has 0 saturated heterocycles. The maximum atomic E-state index is 13.4. The molecule has 0 N–H and O–H groups in total. The van der Waals surface area contributed by atoms with Crippen molar-refractivity contribution in [3.8, 4) is 12.1 Å². The summed E-state index contributed by atoms with van der Waals surface area (Å²) in [7, 11) is 0. The SMILES string of the molecule is [C-]#[N+]C(C#N)C1CC(C(C#N)[N+]#[C-])c2cc(F)ccc21. The Morgan fingerprint density at radius 3 is 2.15 bits per heavy atom. The van der Waals surface area contributed by atoms with Gasteiger partial charge < -0.3 is 0 Å². The minimum absolute atomic E-state index is 0.361. The number of hydrogen-bond donors (Lipinski definition) is 0. The van der Waals surface area contributed by atoms with E-state index in [1.165, 1.54) is 12.1 Å². The predicted octanol–water partition coefficient (Wildman–Crippen LogP) is 3.02. The summed E-state index contributed by atoms with van der Waals surface area (Å²) in [4.78, 5) is 6.56. The molecular weight excluding hydrogens is 255 g/mol. The van der Waals surface area contributed by atoms with Gasteiger partial charge in [-0.2, -0.15) is 10.5 Å². The number of benzene rings is 1. The maximum Gasteiger partial charge on any atom is 0.313 e. The molecular formula is C15H9FN4. The van der Waals surface area contributed by atoms with E-state index in [4.69, 9.17) is 23.7 Å². The lowest BCUT2D eigenvalue weighted by Gasteiger charge is -2.08. The average molecular weight is 264 g/mol. The molecule has 1 aliphatic carbocycles. The predicted molar refractivity (Wildman–Crippen MR) is 68.5 cm³/mol. The number of nitrogens with zero attached hydrogens (tertiary/aromatic N) is 4. The molecule has 20 heavy (non-hydrogen) atoms. The third-order valence-electron chi connectivity index (χ3n) is 3.66. The first-order valence-corrected chi connectivity index (χ1v) is 5.98. The van der Waals surface area contributed by atoms with Gasteiger partial charge in [0.2, 0.25) is 0 Å². The van der Waals surface area contributed by atoms with Crippen LogP contribution in [-0.2, 0) is 0 Å². The van der Waals surface area contributed by atoms with Crippen molar-refractivity contribution in [2.45, 2.75) is 30.3 Å². The minimum Gasteiger partial charge on any atom is -0.297 e. The molecule has 5 heteroatoms. The molecule has 0 heterocycles. The molecule has 0 saturated carbocycles. The molecule has 0 bridgehead atoms. The summed E-state index contributed by atoms with van der Waals surface area (Å²) in [6.07, 6.45) is 0.361. The van der Waals surface area contributed by atoms with Crippen LogP contribution in [0.5, 0.6) is 0 Å². The van der Waals surface area contributed by atoms with Crippen molar-refractivity contribution in [2.75, 3.05) is 0 Å². The second-order valence-electron chi connectivity index (χ2n) is 4.63. The average Bonchev–Trinajstić information content (AvgIpc) is 2.81. The van der Waals surface area contributed by atoms with Gasteiger partial charge in [0.05, 0.1) is 11.8 Å². The van der Waals surface area contributed by atoms with E-state index in [0.717, 1.165) is 0 Å². The quantitative estimate of drug-likeness (QED) is 0.771. The second-order valence-corrected chi connectivity index (χ2v) is 4.63. The lowest BCUT2D eigenvalue weighted by molar-refractivity contribution is 0.572. The largest absolute Gasteiger partial charge is 0.313 e. The summed E-state index contributed by atoms with van der Waals surface area (Å²) < 4.78 is 13.4. The third kappa shape index (κ3) is 2.07. The van der Waals surface area contributed by atoms with Crippen molar-refractivity contribution in [1.29, 1.82) is 10.5 Å². The standard InChI is InChI=1S/C15H9FN4/c1-19-14(7-17)12-6-13(15(8-18)20-2)11-5-9(16)3-4-10(11)12/h3-5,12-15H,6H2. The molecule has 2 rings (SSSR count). The van der Waals surface area contributed by atoms with Gasteiger partial charge in [0, 0.05) is 0 Å². The molecule has 0 amide bonds. The Labute approximate surface area is 116 Å². The van der Waals surface area contributed by atoms with Gasteiger partial charge in [0.15, 0.2) is 12.1 Å². The van der Waals surface area contributed by atoms with Gasteiger partial charge in [0.25, 0.3) is 0 Å². The number of nitriles is 2. The zero-order chi connectivity index (χ0) is 14.7. The highest BCUT2D eigenvalue weighted by atomic mass is 19.1. The first-order chi connectivity index (χ1) is 9.65. The highest BCUT2D eigenvalue weighted by Gasteiger charge is 2.44. The van der Waals surface area contributed by atoms with E-state index in [9.17, 15) is 4.39 Å². The summed E-state index contributed by atoms with van der Waals surface area (Å²) in [5, 5.41) is 18.1. The van der Waals surface area contributed by atoms with E-state index < -0.39 is 23.8 Å². The topological polar surface area (TPSA) is 56.3 Å². The fraction of sp³-hybridized carbons (Fsp3) is 0.333. The van der Waals surface area contributed by atoms with Gasteiger partial charge >= 0.3 is 12.1 Å². The van der Waals surface area contributed by atoms with Crippen LogP contribution in [-0.4, -0.2) is 12.1 Å². The van der Waals surface area contributed by atoms with Crippen molar-refractivity contribution in [3.05, 3.63) is 58.0 Å². The Balaban J connectivity index is 2.52. The van der Waals surface area contributed by atoms with E-state index in [2.05, 4.69) is 9.69 Å². The van der Waals surface area contributed by atoms with Crippen molar-refractivity contribution in [1.82, 2.24) is 0 Å². The normalized spacial score (nSPS) is 22.4. The zero-order valence-corrected chi connectivity index (χ0v) is 10.4. The van der Waals surface area contributed by atoms with Gasteiger partial charge in [-0.25, -0.2) is 17.5 Å². The third-order valence-corrected chi connectivity index (χ3v) is 3.66. The van der Waals surface area contributed by atoms with E-state index in [-0.39, 0.29) is 5.92 Å². The van der Waals surface area contributed by atoms with Crippen LogP contribution in [0.1, 0.15) is 29.4 Å². The molecule has 4 unspecified atom stereocenters. The molecule has 0 aromatic heterocycles. The number of halogens is 1. The van der Waals surface area contributed by atoms with Gasteiger partial charge in [-0.05, 0) is 29.7 Å². The summed E-state index contributed by atoms with van der Waals surface area (Å²) in [6, 6.07) is 6.23. The molecule has 96 valence electrons. The Morgan fingerprint density at radius 1 is 1.10 bits per heavy atom. The molecule has 0 radical (unpaired) electrons. The molecule has 0 spiro atoms. The summed E-state index contributed by atoms with van der Waals surface area (Å²) in [6.45, 7) is 14.1. The fourth-order valence-electron chi connectivity index (χ4n) is 2.75. The Hall–Kier alpha value is -2.89. The van der Waals surface area contributed by atoms with Crippen LogP contribution in [0.2, 0.25) is 0 Å². The number of hydrogen-bond acceptors (Lipinski definition) is 2. The summed E-state index contributed by atoms with van der Waals surface area (Å²) >= 11 is 0. The number of rotatable bonds is 2. The van der Waals surface area contributed by atoms with Crippen molar-refractivity contribution < 1.29 is 4.39 Å². The molecule has 4 nitrogen and oxygen atoms in total. The monoisotopic (exact) mass is 264 g/mol. The molecule has 0 aliphatic heterocycles. The lowest BCUT2D eigenvalue weighted by Crippen LogP contribution is -2.13. The van der Waals surface area contributed by atoms with Crippen LogP contribution < -0.4 is 0 Å². The first-order valence-electron chi connectivity index (χ1n) is 5.98. The minimum atomic E-state index is -0.911. The maximum absolute atomic E-state index is 13.4. The molecule has 1 aliphatic rings. The summed E-state index contributed by atoms with van der Waals surface area (Å²) in [5.74, 6) is -1.24. The molecule has 4 atom stereocenters. The number of fused-ring (bicyclic) bond motifs is 1. The van der Waals surface area contributed by atoms with Gasteiger partial charge in [-0.3, -0.25) is 9.69 Å². The highest BCUT2D eigenvalue weighted by molar-refractivity contribution is 5.44. The van der Waals surface area contributed by atoms with Gasteiger partial charge in [0.1, 0.15) is 5.82 Å². The lowest BCUT2D eigenvalue weighted by atomic mass is 9.92. The molecule has 1 aromatic carbocycles. The van der Waals surface area contributed by atoms with Crippen LogP contribution in [0, 0.1) is 41.6 Å². The first kappa shape index (κ1) is 13.5. The van der Waals surface area contributed by atoms with Crippen LogP contribution in [0.3, 0.4) is 0 Å². The molecule has 0 fully saturated rings. The Kier molecular flexibility index (Phi) is 3.65. The van der Waals surface area contributed by atoms with Crippen LogP contribution in [0.15, 0.2) is 18.2 Å². The fourth-order valence-corrected chi connectivity index (χ4v) is 2.75. The summed E-state index contributed by atoms with van der Waals surface area (Å²) in [5.41, 5.74) is 1.30. The van der Waals surface area contributed by atoms with E-state index in [1.807, 2.05) is 12.1 Å². The Morgan fingerprint density at radius 2 is 1.65 bits per heavy atom. The van der Waals surface area contributed by atoms with Crippen LogP contribution in [0.4, 0.5) is 4.39 Å². The zero-order valence-electron chi connectivity index (χ0n) is 10.4. The van der Waals surface area contributed by atoms with E-state index >= 15 is 0 Å². The van der Waals surface area contributed by atoms with Crippen LogP contribution in [0.25, 0.3) is 9.69 Å². The highest BCUT2D eigenvalue weighted by Crippen LogP contribution is 2.46. The van der Waals surface area contributed by atoms with Crippen molar-refractivity contribution >= 4 is 0 Å². The van der Waals surface area contributed by atoms with Crippen molar-refractivity contribution in [3.63, 3.8) is 0 Å². The van der Waals surface area contributed by atoms with E-state index in [0.29, 0.717) is 17.5 Å². The second kappa shape index (κ2) is 5.40.